The minimum absolute atomic E-state index is 0.706. The third kappa shape index (κ3) is 5.66. The van der Waals surface area contributed by atoms with Crippen LogP contribution in [0.15, 0.2) is 107 Å². The summed E-state index contributed by atoms with van der Waals surface area (Å²) in [5.41, 5.74) is 6.21. The molecule has 0 bridgehead atoms. The molecule has 1 aliphatic heterocycles. The van der Waals surface area contributed by atoms with Gasteiger partial charge in [-0.25, -0.2) is 9.98 Å². The topological polar surface area (TPSA) is 59.0 Å². The third-order valence-electron chi connectivity index (χ3n) is 7.36. The van der Waals surface area contributed by atoms with Gasteiger partial charge in [-0.15, -0.1) is 0 Å². The van der Waals surface area contributed by atoms with Crippen molar-refractivity contribution < 1.29 is 9.47 Å². The van der Waals surface area contributed by atoms with Gasteiger partial charge < -0.3 is 14.5 Å². The molecule has 1 aliphatic rings. The largest absolute Gasteiger partial charge is 0.494 e. The molecular weight excluding hydrogens is 506 g/mol. The molecule has 0 unspecified atom stereocenters. The Morgan fingerprint density at radius 1 is 0.634 bits per heavy atom. The number of nitrogens with one attached hydrogen (secondary N) is 1. The molecule has 1 aromatic heterocycles. The number of fused-ring (bicyclic) bond motifs is 2. The van der Waals surface area contributed by atoms with Crippen molar-refractivity contribution in [3.05, 3.63) is 114 Å². The van der Waals surface area contributed by atoms with Gasteiger partial charge in [0.25, 0.3) is 0 Å². The fourth-order valence-electron chi connectivity index (χ4n) is 5.09. The highest BCUT2D eigenvalue weighted by Crippen LogP contribution is 2.37. The molecule has 41 heavy (non-hydrogen) atoms. The van der Waals surface area contributed by atoms with Gasteiger partial charge in [-0.3, -0.25) is 0 Å². The SMILES string of the molecule is CCCCOc1ccc(C2=NC(=Nc3[nH]c(-c4ccc(OCCCC)cc4)c4ccccc34)c3ccccc32)cc1. The molecule has 0 fully saturated rings. The van der Waals surface area contributed by atoms with Crippen LogP contribution in [-0.2, 0) is 0 Å². The van der Waals surface area contributed by atoms with E-state index in [0.717, 1.165) is 101 Å². The fraction of sp³-hybridized carbons (Fsp3) is 0.222. The summed E-state index contributed by atoms with van der Waals surface area (Å²) in [6, 6.07) is 33.2. The van der Waals surface area contributed by atoms with Crippen molar-refractivity contribution in [3.8, 4) is 22.8 Å². The Bertz CT molecular complexity index is 1700. The van der Waals surface area contributed by atoms with Gasteiger partial charge in [-0.05, 0) is 66.9 Å². The number of hydrogen-bond donors (Lipinski definition) is 1. The number of aliphatic imine (C=N–C) groups is 2. The van der Waals surface area contributed by atoms with E-state index in [9.17, 15) is 0 Å². The lowest BCUT2D eigenvalue weighted by atomic mass is 10.00. The minimum atomic E-state index is 0.706. The average molecular weight is 542 g/mol. The molecule has 0 saturated carbocycles. The van der Waals surface area contributed by atoms with Crippen molar-refractivity contribution in [1.82, 2.24) is 4.98 Å². The van der Waals surface area contributed by atoms with Gasteiger partial charge in [0, 0.05) is 27.5 Å². The van der Waals surface area contributed by atoms with Gasteiger partial charge in [0.05, 0.1) is 24.6 Å². The van der Waals surface area contributed by atoms with E-state index < -0.39 is 0 Å². The number of amidine groups is 1. The number of aromatic amines is 1. The zero-order valence-electron chi connectivity index (χ0n) is 23.7. The van der Waals surface area contributed by atoms with Crippen LogP contribution in [0.25, 0.3) is 22.0 Å². The van der Waals surface area contributed by atoms with Crippen molar-refractivity contribution in [2.45, 2.75) is 39.5 Å². The zero-order chi connectivity index (χ0) is 28.0. The maximum Gasteiger partial charge on any atom is 0.162 e. The predicted octanol–water partition coefficient (Wildman–Crippen LogP) is 9.12. The summed E-state index contributed by atoms with van der Waals surface area (Å²) in [6.07, 6.45) is 4.34. The monoisotopic (exact) mass is 541 g/mol. The van der Waals surface area contributed by atoms with Gasteiger partial charge >= 0.3 is 0 Å². The molecule has 5 nitrogen and oxygen atoms in total. The Morgan fingerprint density at radius 2 is 1.20 bits per heavy atom. The van der Waals surface area contributed by atoms with Crippen LogP contribution in [0.3, 0.4) is 0 Å². The van der Waals surface area contributed by atoms with E-state index in [0.29, 0.717) is 5.84 Å². The quantitative estimate of drug-likeness (QED) is 0.170. The number of ether oxygens (including phenoxy) is 2. The molecule has 206 valence electrons. The molecule has 0 atom stereocenters. The first-order valence-electron chi connectivity index (χ1n) is 14.6. The molecule has 5 heteroatoms. The number of aromatic nitrogens is 1. The molecule has 2 heterocycles. The van der Waals surface area contributed by atoms with Crippen LogP contribution in [0.5, 0.6) is 11.5 Å². The third-order valence-corrected chi connectivity index (χ3v) is 7.36. The summed E-state index contributed by atoms with van der Waals surface area (Å²) in [7, 11) is 0. The van der Waals surface area contributed by atoms with Crippen LogP contribution in [0.1, 0.15) is 56.2 Å². The highest BCUT2D eigenvalue weighted by molar-refractivity contribution is 6.29. The van der Waals surface area contributed by atoms with E-state index in [1.165, 1.54) is 0 Å². The normalized spacial score (nSPS) is 13.4. The lowest BCUT2D eigenvalue weighted by molar-refractivity contribution is 0.309. The van der Waals surface area contributed by atoms with E-state index in [2.05, 4.69) is 85.6 Å². The van der Waals surface area contributed by atoms with Crippen LogP contribution in [-0.4, -0.2) is 29.7 Å². The fourth-order valence-corrected chi connectivity index (χ4v) is 5.09. The average Bonchev–Trinajstić information content (AvgIpc) is 3.57. The standard InChI is InChI=1S/C36H35N3O2/c1-3-5-23-40-27-19-15-25(16-20-27)33-29-11-7-9-13-31(29)35(37-33)39-36-32-14-10-8-12-30(32)34(38-36)26-17-21-28(22-18-26)41-24-6-4-2/h7-22,37H,3-6,23-24H2,1-2H3. The van der Waals surface area contributed by atoms with Crippen LogP contribution >= 0.6 is 0 Å². The lowest BCUT2D eigenvalue weighted by Crippen LogP contribution is -2.01. The van der Waals surface area contributed by atoms with Crippen molar-refractivity contribution in [2.75, 3.05) is 13.2 Å². The van der Waals surface area contributed by atoms with Crippen LogP contribution in [0, 0.1) is 0 Å². The molecule has 0 saturated heterocycles. The van der Waals surface area contributed by atoms with Crippen molar-refractivity contribution in [3.63, 3.8) is 0 Å². The highest BCUT2D eigenvalue weighted by Gasteiger charge is 2.23. The Morgan fingerprint density at radius 3 is 1.83 bits per heavy atom. The number of rotatable bonds is 11. The molecule has 6 rings (SSSR count). The second kappa shape index (κ2) is 12.3. The molecule has 4 aromatic carbocycles. The summed E-state index contributed by atoms with van der Waals surface area (Å²) in [5, 5.41) is 2.19. The molecule has 0 aliphatic carbocycles. The van der Waals surface area contributed by atoms with Crippen LogP contribution < -0.4 is 9.47 Å². The van der Waals surface area contributed by atoms with Crippen molar-refractivity contribution in [1.29, 1.82) is 0 Å². The molecule has 5 aromatic rings. The van der Waals surface area contributed by atoms with Gasteiger partial charge in [0.1, 0.15) is 17.3 Å². The van der Waals surface area contributed by atoms with Gasteiger partial charge in [-0.2, -0.15) is 0 Å². The van der Waals surface area contributed by atoms with Crippen LogP contribution in [0.4, 0.5) is 5.82 Å². The summed E-state index contributed by atoms with van der Waals surface area (Å²) in [6.45, 7) is 5.81. The summed E-state index contributed by atoms with van der Waals surface area (Å²) in [4.78, 5) is 13.8. The van der Waals surface area contributed by atoms with E-state index in [1.807, 2.05) is 30.3 Å². The van der Waals surface area contributed by atoms with E-state index >= 15 is 0 Å². The first-order chi connectivity index (χ1) is 20.2. The second-order valence-corrected chi connectivity index (χ2v) is 10.3. The van der Waals surface area contributed by atoms with E-state index in [1.54, 1.807) is 0 Å². The lowest BCUT2D eigenvalue weighted by Gasteiger charge is -2.07. The van der Waals surface area contributed by atoms with Crippen LogP contribution in [0.2, 0.25) is 0 Å². The first kappa shape index (κ1) is 26.6. The molecule has 0 amide bonds. The molecule has 1 N–H and O–H groups in total. The first-order valence-corrected chi connectivity index (χ1v) is 14.6. The summed E-state index contributed by atoms with van der Waals surface area (Å²) in [5.74, 6) is 3.28. The van der Waals surface area contributed by atoms with E-state index in [4.69, 9.17) is 19.5 Å². The molecular formula is C36H35N3O2. The smallest absolute Gasteiger partial charge is 0.162 e. The van der Waals surface area contributed by atoms with Gasteiger partial charge in [-0.1, -0.05) is 75.2 Å². The Balaban J connectivity index is 1.34. The Kier molecular flexibility index (Phi) is 7.94. The summed E-state index contributed by atoms with van der Waals surface area (Å²) < 4.78 is 11.7. The maximum absolute atomic E-state index is 5.87. The predicted molar refractivity (Wildman–Crippen MR) is 169 cm³/mol. The maximum atomic E-state index is 5.87. The van der Waals surface area contributed by atoms with Crippen molar-refractivity contribution >= 4 is 28.1 Å². The van der Waals surface area contributed by atoms with Gasteiger partial charge in [0.2, 0.25) is 0 Å². The summed E-state index contributed by atoms with van der Waals surface area (Å²) >= 11 is 0. The van der Waals surface area contributed by atoms with Crippen molar-refractivity contribution in [2.24, 2.45) is 9.98 Å². The van der Waals surface area contributed by atoms with E-state index in [-0.39, 0.29) is 0 Å². The number of H-pyrrole nitrogens is 1. The Labute approximate surface area is 241 Å². The zero-order valence-corrected chi connectivity index (χ0v) is 23.7. The highest BCUT2D eigenvalue weighted by atomic mass is 16.5. The second-order valence-electron chi connectivity index (χ2n) is 10.3. The molecule has 0 radical (unpaired) electrons. The minimum Gasteiger partial charge on any atom is -0.494 e. The molecule has 0 spiro atoms. The number of unbranched alkanes of at least 4 members (excludes halogenated alkanes) is 2. The Hall–Kier alpha value is -4.64. The number of hydrogen-bond acceptors (Lipinski definition) is 3. The van der Waals surface area contributed by atoms with Gasteiger partial charge in [0.15, 0.2) is 5.84 Å². The number of nitrogens with zero attached hydrogens (tertiary/aromatic N) is 2. The number of benzene rings is 4.